The number of aliphatic carboxylic acids is 1. The Bertz CT molecular complexity index is 1180. The Balaban J connectivity index is 1.42. The van der Waals surface area contributed by atoms with E-state index in [0.717, 1.165) is 0 Å². The molecular weight excluding hydrogens is 496 g/mol. The quantitative estimate of drug-likeness (QED) is 0.261. The summed E-state index contributed by atoms with van der Waals surface area (Å²) >= 11 is 3.87. The SMILES string of the molecule is O=C(CS(=O)c1cccs1)NC1C(=O)N2C(C(=O)O)=C(CSc3ccnc(=O)[nH]3)CS[C@@H]12. The second-order valence-corrected chi connectivity index (χ2v) is 11.4. The van der Waals surface area contributed by atoms with Gasteiger partial charge in [0.1, 0.15) is 22.9 Å². The number of β-lactam (4-membered cyclic amide) rings is 1. The third kappa shape index (κ3) is 4.67. The molecule has 32 heavy (non-hydrogen) atoms. The van der Waals surface area contributed by atoms with Gasteiger partial charge in [0.25, 0.3) is 5.91 Å². The Labute approximate surface area is 196 Å². The molecule has 0 aliphatic carbocycles. The van der Waals surface area contributed by atoms with Crippen LogP contribution in [0.4, 0.5) is 0 Å². The zero-order valence-electron chi connectivity index (χ0n) is 16.2. The summed E-state index contributed by atoms with van der Waals surface area (Å²) < 4.78 is 12.8. The van der Waals surface area contributed by atoms with E-state index >= 15 is 0 Å². The number of carboxylic acids is 1. The number of thioether (sulfide) groups is 2. The lowest BCUT2D eigenvalue weighted by atomic mass is 10.0. The minimum absolute atomic E-state index is 0.102. The maximum Gasteiger partial charge on any atom is 0.352 e. The Hall–Kier alpha value is -2.42. The maximum absolute atomic E-state index is 12.7. The summed E-state index contributed by atoms with van der Waals surface area (Å²) in [7, 11) is -1.50. The zero-order valence-corrected chi connectivity index (χ0v) is 19.4. The fourth-order valence-electron chi connectivity index (χ4n) is 3.19. The van der Waals surface area contributed by atoms with Crippen LogP contribution in [0.15, 0.2) is 55.1 Å². The Morgan fingerprint density at radius 2 is 2.19 bits per heavy atom. The molecule has 0 bridgehead atoms. The summed E-state index contributed by atoms with van der Waals surface area (Å²) in [5.74, 6) is -1.93. The molecule has 2 amide bonds. The summed E-state index contributed by atoms with van der Waals surface area (Å²) in [4.78, 5) is 55.5. The van der Waals surface area contributed by atoms with E-state index in [1.807, 2.05) is 0 Å². The highest BCUT2D eigenvalue weighted by molar-refractivity contribution is 8.01. The first-order chi connectivity index (χ1) is 15.3. The number of hydrogen-bond donors (Lipinski definition) is 3. The van der Waals surface area contributed by atoms with Crippen LogP contribution in [0.2, 0.25) is 0 Å². The van der Waals surface area contributed by atoms with Crippen LogP contribution in [0.1, 0.15) is 0 Å². The largest absolute Gasteiger partial charge is 0.477 e. The third-order valence-electron chi connectivity index (χ3n) is 4.60. The molecule has 168 valence electrons. The first-order valence-corrected chi connectivity index (χ1v) is 13.4. The van der Waals surface area contributed by atoms with Gasteiger partial charge in [-0.2, -0.15) is 0 Å². The molecule has 0 aromatic carbocycles. The third-order valence-corrected chi connectivity index (χ3v) is 9.60. The van der Waals surface area contributed by atoms with Gasteiger partial charge in [0.2, 0.25) is 5.91 Å². The number of carbonyl (C=O) groups is 3. The molecule has 2 aromatic heterocycles. The van der Waals surface area contributed by atoms with Crippen molar-refractivity contribution in [2.24, 2.45) is 0 Å². The molecular formula is C18H16N4O6S4. The smallest absolute Gasteiger partial charge is 0.352 e. The van der Waals surface area contributed by atoms with Crippen molar-refractivity contribution < 1.29 is 23.7 Å². The van der Waals surface area contributed by atoms with Gasteiger partial charge in [0.05, 0.1) is 20.0 Å². The molecule has 2 aromatic rings. The van der Waals surface area contributed by atoms with Crippen molar-refractivity contribution in [1.82, 2.24) is 20.2 Å². The monoisotopic (exact) mass is 512 g/mol. The molecule has 10 nitrogen and oxygen atoms in total. The Morgan fingerprint density at radius 3 is 2.88 bits per heavy atom. The fraction of sp³-hybridized carbons (Fsp3) is 0.278. The van der Waals surface area contributed by atoms with Gasteiger partial charge in [-0.3, -0.25) is 18.7 Å². The lowest BCUT2D eigenvalue weighted by Gasteiger charge is -2.49. The van der Waals surface area contributed by atoms with Crippen LogP contribution in [0.5, 0.6) is 0 Å². The van der Waals surface area contributed by atoms with Gasteiger partial charge in [-0.1, -0.05) is 6.07 Å². The number of nitrogens with zero attached hydrogens (tertiary/aromatic N) is 2. The number of carbonyl (C=O) groups excluding carboxylic acids is 2. The van der Waals surface area contributed by atoms with Crippen LogP contribution in [0, 0.1) is 0 Å². The second-order valence-electron chi connectivity index (χ2n) is 6.66. The van der Waals surface area contributed by atoms with Crippen molar-refractivity contribution >= 4 is 63.4 Å². The predicted octanol–water partition coefficient (Wildman–Crippen LogP) is 0.470. The fourth-order valence-corrected chi connectivity index (χ4v) is 7.47. The molecule has 14 heteroatoms. The number of rotatable bonds is 8. The van der Waals surface area contributed by atoms with Crippen molar-refractivity contribution in [3.63, 3.8) is 0 Å². The molecule has 0 radical (unpaired) electrons. The number of nitrogens with one attached hydrogen (secondary N) is 2. The topological polar surface area (TPSA) is 150 Å². The number of fused-ring (bicyclic) bond motifs is 1. The van der Waals surface area contributed by atoms with E-state index in [9.17, 15) is 28.5 Å². The van der Waals surface area contributed by atoms with E-state index in [2.05, 4.69) is 15.3 Å². The highest BCUT2D eigenvalue weighted by Crippen LogP contribution is 2.41. The van der Waals surface area contributed by atoms with Gasteiger partial charge in [0, 0.05) is 17.7 Å². The highest BCUT2D eigenvalue weighted by atomic mass is 32.2. The molecule has 2 unspecified atom stereocenters. The molecule has 1 fully saturated rings. The van der Waals surface area contributed by atoms with Gasteiger partial charge in [0.15, 0.2) is 0 Å². The number of amides is 2. The van der Waals surface area contributed by atoms with Crippen LogP contribution in [0.25, 0.3) is 0 Å². The molecule has 4 heterocycles. The van der Waals surface area contributed by atoms with E-state index in [1.165, 1.54) is 46.0 Å². The minimum Gasteiger partial charge on any atom is -0.477 e. The number of thiophene rings is 1. The summed E-state index contributed by atoms with van der Waals surface area (Å²) in [6.45, 7) is 0. The summed E-state index contributed by atoms with van der Waals surface area (Å²) in [6.07, 6.45) is 1.36. The Kier molecular flexibility index (Phi) is 6.83. The van der Waals surface area contributed by atoms with Gasteiger partial charge >= 0.3 is 11.7 Å². The molecule has 1 saturated heterocycles. The Morgan fingerprint density at radius 1 is 1.38 bits per heavy atom. The molecule has 2 aliphatic rings. The van der Waals surface area contributed by atoms with Crippen LogP contribution < -0.4 is 11.0 Å². The normalized spacial score (nSPS) is 21.0. The van der Waals surface area contributed by atoms with Crippen molar-refractivity contribution in [3.8, 4) is 0 Å². The van der Waals surface area contributed by atoms with E-state index < -0.39 is 45.7 Å². The van der Waals surface area contributed by atoms with Gasteiger partial charge < -0.3 is 15.4 Å². The lowest BCUT2D eigenvalue weighted by molar-refractivity contribution is -0.150. The summed E-state index contributed by atoms with van der Waals surface area (Å²) in [6, 6.07) is 4.15. The van der Waals surface area contributed by atoms with Crippen LogP contribution >= 0.6 is 34.9 Å². The van der Waals surface area contributed by atoms with Crippen LogP contribution in [-0.2, 0) is 25.2 Å². The van der Waals surface area contributed by atoms with E-state index in [4.69, 9.17) is 0 Å². The molecule has 0 saturated carbocycles. The number of carboxylic acid groups (broad SMARTS) is 1. The van der Waals surface area contributed by atoms with Crippen LogP contribution in [-0.4, -0.2) is 70.6 Å². The summed E-state index contributed by atoms with van der Waals surface area (Å²) in [5.41, 5.74) is -0.0642. The first-order valence-electron chi connectivity index (χ1n) is 9.14. The van der Waals surface area contributed by atoms with Crippen molar-refractivity contribution in [3.05, 3.63) is 51.5 Å². The average Bonchev–Trinajstić information content (AvgIpc) is 3.30. The van der Waals surface area contributed by atoms with Crippen molar-refractivity contribution in [1.29, 1.82) is 0 Å². The first kappa shape index (κ1) is 22.8. The predicted molar refractivity (Wildman–Crippen MR) is 121 cm³/mol. The van der Waals surface area contributed by atoms with Crippen LogP contribution in [0.3, 0.4) is 0 Å². The number of aromatic nitrogens is 2. The van der Waals surface area contributed by atoms with Gasteiger partial charge in [-0.15, -0.1) is 34.9 Å². The summed E-state index contributed by atoms with van der Waals surface area (Å²) in [5, 5.41) is 14.1. The number of H-pyrrole nitrogens is 1. The molecule has 3 atom stereocenters. The van der Waals surface area contributed by atoms with E-state index in [0.29, 0.717) is 20.6 Å². The lowest BCUT2D eigenvalue weighted by Crippen LogP contribution is -2.70. The number of hydrogen-bond acceptors (Lipinski definition) is 9. The highest BCUT2D eigenvalue weighted by Gasteiger charge is 2.54. The zero-order chi connectivity index (χ0) is 22.8. The molecule has 0 spiro atoms. The van der Waals surface area contributed by atoms with E-state index in [1.54, 1.807) is 23.6 Å². The van der Waals surface area contributed by atoms with Gasteiger partial charge in [-0.05, 0) is 23.1 Å². The van der Waals surface area contributed by atoms with Crippen molar-refractivity contribution in [2.75, 3.05) is 17.3 Å². The second kappa shape index (κ2) is 9.60. The molecule has 3 N–H and O–H groups in total. The minimum atomic E-state index is -1.50. The van der Waals surface area contributed by atoms with Crippen molar-refractivity contribution in [2.45, 2.75) is 20.7 Å². The maximum atomic E-state index is 12.7. The van der Waals surface area contributed by atoms with Gasteiger partial charge in [-0.25, -0.2) is 14.6 Å². The molecule has 2 aliphatic heterocycles. The standard InChI is InChI=1S/C18H16N4O6S4/c23-10(8-32(28)12-2-1-5-29-12)20-13-15(24)22-14(17(25)26)9(7-31-16(13)22)6-30-11-3-4-19-18(27)21-11/h1-5,13,16H,6-8H2,(H,20,23)(H,25,26)(H,19,21,27)/t13?,16-,32?/m0/s1. The molecule has 4 rings (SSSR count). The van der Waals surface area contributed by atoms with E-state index in [-0.39, 0.29) is 17.2 Å². The number of aromatic amines is 1. The average molecular weight is 513 g/mol.